The third-order valence-corrected chi connectivity index (χ3v) is 4.36. The van der Waals surface area contributed by atoms with Gasteiger partial charge in [0.25, 0.3) is 0 Å². The molecule has 0 bridgehead atoms. The topological polar surface area (TPSA) is 61.6 Å². The fraction of sp³-hybridized carbons (Fsp3) is 0.304. The van der Waals surface area contributed by atoms with Crippen LogP contribution in [0.3, 0.4) is 0 Å². The highest BCUT2D eigenvalue weighted by Gasteiger charge is 2.11. The molecule has 3 aromatic rings. The van der Waals surface area contributed by atoms with Crippen LogP contribution >= 0.6 is 0 Å². The van der Waals surface area contributed by atoms with Crippen LogP contribution in [-0.2, 0) is 4.74 Å². The van der Waals surface area contributed by atoms with Crippen LogP contribution in [0.25, 0.3) is 22.6 Å². The van der Waals surface area contributed by atoms with E-state index in [1.807, 2.05) is 42.5 Å². The number of carbonyl (C=O) groups excluding carboxylic acids is 1. The quantitative estimate of drug-likeness (QED) is 0.350. The lowest BCUT2D eigenvalue weighted by Crippen LogP contribution is -2.03. The Morgan fingerprint density at radius 1 is 0.964 bits per heavy atom. The first-order valence-corrected chi connectivity index (χ1v) is 9.68. The minimum Gasteiger partial charge on any atom is -0.494 e. The molecule has 1 heterocycles. The number of aromatic nitrogens is 1. The van der Waals surface area contributed by atoms with Gasteiger partial charge in [-0.2, -0.15) is 0 Å². The number of ether oxygens (including phenoxy) is 2. The van der Waals surface area contributed by atoms with Gasteiger partial charge in [-0.25, -0.2) is 4.79 Å². The molecule has 1 aromatic heterocycles. The Kier molecular flexibility index (Phi) is 6.84. The predicted octanol–water partition coefficient (Wildman–Crippen LogP) is 5.75. The Balaban J connectivity index is 1.66. The molecule has 0 saturated carbocycles. The summed E-state index contributed by atoms with van der Waals surface area (Å²) in [6.07, 6.45) is 3.43. The zero-order valence-corrected chi connectivity index (χ0v) is 16.3. The number of hydrogen-bond donors (Lipinski definition) is 0. The predicted molar refractivity (Wildman–Crippen MR) is 108 cm³/mol. The van der Waals surface area contributed by atoms with E-state index in [4.69, 9.17) is 14.0 Å². The summed E-state index contributed by atoms with van der Waals surface area (Å²) in [5.41, 5.74) is 3.04. The van der Waals surface area contributed by atoms with Crippen LogP contribution in [0.5, 0.6) is 5.75 Å². The van der Waals surface area contributed by atoms with Crippen molar-refractivity contribution in [3.8, 4) is 28.3 Å². The maximum Gasteiger partial charge on any atom is 0.338 e. The summed E-state index contributed by atoms with van der Waals surface area (Å²) in [6, 6.07) is 16.8. The number of benzene rings is 2. The molecule has 0 amide bonds. The largest absolute Gasteiger partial charge is 0.494 e. The van der Waals surface area contributed by atoms with Crippen molar-refractivity contribution < 1.29 is 18.8 Å². The highest BCUT2D eigenvalue weighted by molar-refractivity contribution is 5.90. The third-order valence-electron chi connectivity index (χ3n) is 4.36. The second-order valence-corrected chi connectivity index (χ2v) is 6.45. The standard InChI is InChI=1S/C23H25NO4/c1-3-5-6-15-27-20-13-11-18(12-14-20)22-16-21(24-28-22)17-7-9-19(10-8-17)23(25)26-4-2/h7-14,16H,3-6,15H2,1-2H3. The molecule has 0 aliphatic carbocycles. The maximum absolute atomic E-state index is 11.7. The number of carbonyl (C=O) groups is 1. The lowest BCUT2D eigenvalue weighted by Gasteiger charge is -2.05. The van der Waals surface area contributed by atoms with Gasteiger partial charge < -0.3 is 14.0 Å². The summed E-state index contributed by atoms with van der Waals surface area (Å²) in [7, 11) is 0. The van der Waals surface area contributed by atoms with Crippen LogP contribution in [0.4, 0.5) is 0 Å². The summed E-state index contributed by atoms with van der Waals surface area (Å²) < 4.78 is 16.2. The highest BCUT2D eigenvalue weighted by atomic mass is 16.5. The van der Waals surface area contributed by atoms with E-state index in [1.165, 1.54) is 12.8 Å². The minimum atomic E-state index is -0.327. The monoisotopic (exact) mass is 379 g/mol. The van der Waals surface area contributed by atoms with E-state index >= 15 is 0 Å². The molecule has 0 saturated heterocycles. The zero-order chi connectivity index (χ0) is 19.8. The Labute approximate surface area is 165 Å². The first-order valence-electron chi connectivity index (χ1n) is 9.68. The second-order valence-electron chi connectivity index (χ2n) is 6.45. The Morgan fingerprint density at radius 2 is 1.68 bits per heavy atom. The number of nitrogens with zero attached hydrogens (tertiary/aromatic N) is 1. The average molecular weight is 379 g/mol. The average Bonchev–Trinajstić information content (AvgIpc) is 3.22. The lowest BCUT2D eigenvalue weighted by atomic mass is 10.1. The van der Waals surface area contributed by atoms with Crippen molar-refractivity contribution >= 4 is 5.97 Å². The molecule has 0 unspecified atom stereocenters. The molecule has 0 N–H and O–H groups in total. The van der Waals surface area contributed by atoms with Crippen molar-refractivity contribution in [2.45, 2.75) is 33.1 Å². The normalized spacial score (nSPS) is 10.6. The van der Waals surface area contributed by atoms with E-state index in [9.17, 15) is 4.79 Å². The summed E-state index contributed by atoms with van der Waals surface area (Å²) in [5, 5.41) is 4.14. The number of unbranched alkanes of at least 4 members (excludes halogenated alkanes) is 2. The summed E-state index contributed by atoms with van der Waals surface area (Å²) in [4.78, 5) is 11.7. The minimum absolute atomic E-state index is 0.327. The molecule has 146 valence electrons. The van der Waals surface area contributed by atoms with Gasteiger partial charge in [0.2, 0.25) is 0 Å². The maximum atomic E-state index is 11.7. The molecule has 2 aromatic carbocycles. The molecular weight excluding hydrogens is 354 g/mol. The fourth-order valence-electron chi connectivity index (χ4n) is 2.80. The molecule has 3 rings (SSSR count). The van der Waals surface area contributed by atoms with Crippen molar-refractivity contribution in [1.82, 2.24) is 5.16 Å². The van der Waals surface area contributed by atoms with Gasteiger partial charge in [0.05, 0.1) is 18.8 Å². The first kappa shape index (κ1) is 19.7. The van der Waals surface area contributed by atoms with E-state index in [0.29, 0.717) is 23.6 Å². The molecule has 28 heavy (non-hydrogen) atoms. The fourth-order valence-corrected chi connectivity index (χ4v) is 2.80. The molecule has 0 spiro atoms. The van der Waals surface area contributed by atoms with Crippen molar-refractivity contribution in [3.63, 3.8) is 0 Å². The van der Waals surface area contributed by atoms with Crippen molar-refractivity contribution in [3.05, 3.63) is 60.2 Å². The molecule has 0 aliphatic rings. The van der Waals surface area contributed by atoms with Gasteiger partial charge in [-0.3, -0.25) is 0 Å². The van der Waals surface area contributed by atoms with Crippen LogP contribution < -0.4 is 4.74 Å². The SMILES string of the molecule is CCCCCOc1ccc(-c2cc(-c3ccc(C(=O)OCC)cc3)no2)cc1. The van der Waals surface area contributed by atoms with Crippen LogP contribution in [0, 0.1) is 0 Å². The first-order chi connectivity index (χ1) is 13.7. The van der Waals surface area contributed by atoms with E-state index in [-0.39, 0.29) is 5.97 Å². The zero-order valence-electron chi connectivity index (χ0n) is 16.3. The smallest absolute Gasteiger partial charge is 0.338 e. The van der Waals surface area contributed by atoms with Crippen molar-refractivity contribution in [1.29, 1.82) is 0 Å². The molecular formula is C23H25NO4. The van der Waals surface area contributed by atoms with Gasteiger partial charge in [0.15, 0.2) is 5.76 Å². The van der Waals surface area contributed by atoms with Gasteiger partial charge in [-0.1, -0.05) is 37.1 Å². The summed E-state index contributed by atoms with van der Waals surface area (Å²) in [5.74, 6) is 1.21. The van der Waals surface area contributed by atoms with E-state index in [0.717, 1.165) is 29.9 Å². The molecule has 0 atom stereocenters. The van der Waals surface area contributed by atoms with Gasteiger partial charge in [-0.15, -0.1) is 0 Å². The Hall–Kier alpha value is -3.08. The molecule has 5 heteroatoms. The van der Waals surface area contributed by atoms with Gasteiger partial charge in [0, 0.05) is 17.2 Å². The van der Waals surface area contributed by atoms with E-state index in [1.54, 1.807) is 19.1 Å². The summed E-state index contributed by atoms with van der Waals surface area (Å²) in [6.45, 7) is 5.06. The van der Waals surface area contributed by atoms with Gasteiger partial charge >= 0.3 is 5.97 Å². The molecule has 5 nitrogen and oxygen atoms in total. The van der Waals surface area contributed by atoms with Crippen LogP contribution in [0.1, 0.15) is 43.5 Å². The second kappa shape index (κ2) is 9.74. The molecule has 0 fully saturated rings. The Bertz CT molecular complexity index is 882. The number of esters is 1. The van der Waals surface area contributed by atoms with Crippen LogP contribution in [-0.4, -0.2) is 24.3 Å². The number of rotatable bonds is 9. The highest BCUT2D eigenvalue weighted by Crippen LogP contribution is 2.27. The van der Waals surface area contributed by atoms with Crippen LogP contribution in [0.15, 0.2) is 59.1 Å². The van der Waals surface area contributed by atoms with Crippen molar-refractivity contribution in [2.24, 2.45) is 0 Å². The Morgan fingerprint density at radius 3 is 2.36 bits per heavy atom. The van der Waals surface area contributed by atoms with Gasteiger partial charge in [-0.05, 0) is 49.7 Å². The van der Waals surface area contributed by atoms with E-state index < -0.39 is 0 Å². The van der Waals surface area contributed by atoms with E-state index in [2.05, 4.69) is 12.1 Å². The molecule has 0 radical (unpaired) electrons. The van der Waals surface area contributed by atoms with Gasteiger partial charge in [0.1, 0.15) is 11.4 Å². The summed E-state index contributed by atoms with van der Waals surface area (Å²) >= 11 is 0. The van der Waals surface area contributed by atoms with Crippen molar-refractivity contribution in [2.75, 3.05) is 13.2 Å². The lowest BCUT2D eigenvalue weighted by molar-refractivity contribution is 0.0526. The van der Waals surface area contributed by atoms with Crippen LogP contribution in [0.2, 0.25) is 0 Å². The molecule has 0 aliphatic heterocycles. The number of hydrogen-bond acceptors (Lipinski definition) is 5. The third kappa shape index (κ3) is 5.00.